The Hall–Kier alpha value is -1.71. The van der Waals surface area contributed by atoms with E-state index in [9.17, 15) is 10.2 Å². The number of hydrogen-bond acceptors (Lipinski definition) is 3. The number of nitrogen functional groups attached to an aromatic ring is 1. The highest BCUT2D eigenvalue weighted by Crippen LogP contribution is 2.26. The molecular formula is C12H22N2O2. The topological polar surface area (TPSA) is 90.3 Å². The number of phenolic OH excluding ortho intramolecular Hbond substituents is 2. The van der Waals surface area contributed by atoms with Gasteiger partial charge >= 0.3 is 0 Å². The highest BCUT2D eigenvalue weighted by atomic mass is 16.3. The van der Waals surface area contributed by atoms with E-state index in [0.717, 1.165) is 0 Å². The van der Waals surface area contributed by atoms with E-state index in [1.54, 1.807) is 6.92 Å². The molecule has 1 aromatic carbocycles. The summed E-state index contributed by atoms with van der Waals surface area (Å²) in [6.07, 6.45) is 0. The second-order valence-electron chi connectivity index (χ2n) is 2.55. The van der Waals surface area contributed by atoms with Crippen molar-refractivity contribution in [1.29, 1.82) is 5.41 Å². The molecule has 92 valence electrons. The molecule has 1 rings (SSSR count). The molecule has 0 aliphatic rings. The summed E-state index contributed by atoms with van der Waals surface area (Å²) in [4.78, 5) is 0. The lowest BCUT2D eigenvalue weighted by Gasteiger charge is -2.04. The predicted molar refractivity (Wildman–Crippen MR) is 68.2 cm³/mol. The van der Waals surface area contributed by atoms with Gasteiger partial charge in [-0.15, -0.1) is 0 Å². The van der Waals surface area contributed by atoms with Gasteiger partial charge in [-0.1, -0.05) is 27.7 Å². The van der Waals surface area contributed by atoms with E-state index in [1.807, 2.05) is 27.7 Å². The molecule has 0 aromatic heterocycles. The van der Waals surface area contributed by atoms with E-state index >= 15 is 0 Å². The molecule has 0 amide bonds. The van der Waals surface area contributed by atoms with Crippen LogP contribution in [0, 0.1) is 12.3 Å². The van der Waals surface area contributed by atoms with E-state index in [4.69, 9.17) is 11.1 Å². The lowest BCUT2D eigenvalue weighted by Crippen LogP contribution is -2.10. The van der Waals surface area contributed by atoms with E-state index < -0.39 is 0 Å². The summed E-state index contributed by atoms with van der Waals surface area (Å²) in [6.45, 7) is 9.58. The normalized spacial score (nSPS) is 8.06. The summed E-state index contributed by atoms with van der Waals surface area (Å²) < 4.78 is 0. The Morgan fingerprint density at radius 1 is 1.06 bits per heavy atom. The third-order valence-corrected chi connectivity index (χ3v) is 1.66. The molecule has 0 aliphatic carbocycles. The molecule has 1 aromatic rings. The quantitative estimate of drug-likeness (QED) is 0.438. The Kier molecular flexibility index (Phi) is 8.97. The second kappa shape index (κ2) is 8.59. The third-order valence-electron chi connectivity index (χ3n) is 1.66. The fourth-order valence-electron chi connectivity index (χ4n) is 0.839. The van der Waals surface area contributed by atoms with Crippen LogP contribution in [0.3, 0.4) is 0 Å². The number of benzene rings is 1. The van der Waals surface area contributed by atoms with Crippen molar-refractivity contribution >= 4 is 5.84 Å². The van der Waals surface area contributed by atoms with E-state index in [0.29, 0.717) is 11.1 Å². The van der Waals surface area contributed by atoms with Crippen LogP contribution in [0.1, 0.15) is 38.8 Å². The van der Waals surface area contributed by atoms with Gasteiger partial charge in [0, 0.05) is 11.1 Å². The van der Waals surface area contributed by atoms with Crippen molar-refractivity contribution in [2.45, 2.75) is 34.6 Å². The van der Waals surface area contributed by atoms with Gasteiger partial charge in [0.2, 0.25) is 0 Å². The summed E-state index contributed by atoms with van der Waals surface area (Å²) in [5.74, 6) is -0.291. The van der Waals surface area contributed by atoms with Crippen molar-refractivity contribution in [2.24, 2.45) is 5.73 Å². The molecule has 0 atom stereocenters. The Labute approximate surface area is 97.2 Å². The van der Waals surface area contributed by atoms with Crippen LogP contribution in [-0.4, -0.2) is 16.0 Å². The van der Waals surface area contributed by atoms with Gasteiger partial charge in [-0.25, -0.2) is 0 Å². The van der Waals surface area contributed by atoms with Crippen molar-refractivity contribution in [3.63, 3.8) is 0 Å². The maximum Gasteiger partial charge on any atom is 0.123 e. The van der Waals surface area contributed by atoms with E-state index in [1.165, 1.54) is 12.1 Å². The fourth-order valence-corrected chi connectivity index (χ4v) is 0.839. The zero-order chi connectivity index (χ0) is 13.3. The van der Waals surface area contributed by atoms with Crippen LogP contribution in [0.2, 0.25) is 0 Å². The molecule has 0 unspecified atom stereocenters. The summed E-state index contributed by atoms with van der Waals surface area (Å²) in [7, 11) is 0. The minimum atomic E-state index is -0.180. The largest absolute Gasteiger partial charge is 0.508 e. The maximum absolute atomic E-state index is 9.22. The molecule has 0 heterocycles. The van der Waals surface area contributed by atoms with E-state index in [-0.39, 0.29) is 17.3 Å². The van der Waals surface area contributed by atoms with Gasteiger partial charge in [-0.3, -0.25) is 5.41 Å². The molecule has 0 fully saturated rings. The van der Waals surface area contributed by atoms with Crippen molar-refractivity contribution in [2.75, 3.05) is 0 Å². The molecule has 5 N–H and O–H groups in total. The Morgan fingerprint density at radius 2 is 1.38 bits per heavy atom. The predicted octanol–water partition coefficient (Wildman–Crippen LogP) is 2.74. The van der Waals surface area contributed by atoms with E-state index in [2.05, 4.69) is 0 Å². The summed E-state index contributed by atoms with van der Waals surface area (Å²) in [5, 5.41) is 25.5. The number of rotatable bonds is 1. The van der Waals surface area contributed by atoms with Crippen LogP contribution in [0.4, 0.5) is 0 Å². The molecule has 0 saturated heterocycles. The van der Waals surface area contributed by atoms with Gasteiger partial charge in [-0.2, -0.15) is 0 Å². The molecule has 0 aliphatic heterocycles. The third kappa shape index (κ3) is 4.68. The minimum absolute atomic E-state index is 0.0554. The molecule has 0 spiro atoms. The Morgan fingerprint density at radius 3 is 1.62 bits per heavy atom. The SMILES string of the molecule is CC.CC.Cc1c(O)cc(C(=N)N)cc1O. The van der Waals surface area contributed by atoms with Crippen molar-refractivity contribution in [3.05, 3.63) is 23.3 Å². The van der Waals surface area contributed by atoms with Gasteiger partial charge < -0.3 is 15.9 Å². The van der Waals surface area contributed by atoms with Crippen molar-refractivity contribution in [3.8, 4) is 11.5 Å². The van der Waals surface area contributed by atoms with Crippen LogP contribution in [0.5, 0.6) is 11.5 Å². The molecular weight excluding hydrogens is 204 g/mol. The van der Waals surface area contributed by atoms with Gasteiger partial charge in [0.1, 0.15) is 17.3 Å². The first-order chi connectivity index (χ1) is 7.52. The molecule has 4 nitrogen and oxygen atoms in total. The zero-order valence-electron chi connectivity index (χ0n) is 10.6. The number of phenols is 2. The van der Waals surface area contributed by atoms with Crippen LogP contribution in [-0.2, 0) is 0 Å². The Balaban J connectivity index is 0. The lowest BCUT2D eigenvalue weighted by molar-refractivity contribution is 0.443. The number of aromatic hydroxyl groups is 2. The minimum Gasteiger partial charge on any atom is -0.508 e. The summed E-state index contributed by atoms with van der Waals surface area (Å²) in [5.41, 5.74) is 5.87. The molecule has 0 bridgehead atoms. The van der Waals surface area contributed by atoms with Crippen LogP contribution in [0.15, 0.2) is 12.1 Å². The standard InChI is InChI=1S/C8H10N2O2.2C2H6/c1-4-6(11)2-5(8(9)10)3-7(4)12;2*1-2/h2-3,11-12H,1H3,(H3,9,10);2*1-2H3. The first kappa shape index (κ1) is 16.7. The number of hydrogen-bond donors (Lipinski definition) is 4. The fraction of sp³-hybridized carbons (Fsp3) is 0.417. The molecule has 4 heteroatoms. The Bertz CT molecular complexity index is 313. The average Bonchev–Trinajstić information content (AvgIpc) is 2.30. The van der Waals surface area contributed by atoms with Crippen molar-refractivity contribution in [1.82, 2.24) is 0 Å². The summed E-state index contributed by atoms with van der Waals surface area (Å²) in [6, 6.07) is 2.69. The van der Waals surface area contributed by atoms with Crippen LogP contribution in [0.25, 0.3) is 0 Å². The second-order valence-corrected chi connectivity index (χ2v) is 2.55. The molecule has 0 saturated carbocycles. The van der Waals surface area contributed by atoms with Crippen LogP contribution < -0.4 is 5.73 Å². The average molecular weight is 226 g/mol. The van der Waals surface area contributed by atoms with Gasteiger partial charge in [-0.05, 0) is 19.1 Å². The van der Waals surface area contributed by atoms with Gasteiger partial charge in [0.25, 0.3) is 0 Å². The molecule has 16 heavy (non-hydrogen) atoms. The first-order valence-electron chi connectivity index (χ1n) is 5.39. The smallest absolute Gasteiger partial charge is 0.123 e. The van der Waals surface area contributed by atoms with Crippen molar-refractivity contribution < 1.29 is 10.2 Å². The van der Waals surface area contributed by atoms with Gasteiger partial charge in [0.15, 0.2) is 0 Å². The zero-order valence-corrected chi connectivity index (χ0v) is 10.6. The van der Waals surface area contributed by atoms with Gasteiger partial charge in [0.05, 0.1) is 0 Å². The molecule has 0 radical (unpaired) electrons. The highest BCUT2D eigenvalue weighted by molar-refractivity contribution is 5.95. The first-order valence-corrected chi connectivity index (χ1v) is 5.39. The number of nitrogens with one attached hydrogen (secondary N) is 1. The highest BCUT2D eigenvalue weighted by Gasteiger charge is 2.06. The lowest BCUT2D eigenvalue weighted by atomic mass is 10.1. The number of amidine groups is 1. The summed E-state index contributed by atoms with van der Waals surface area (Å²) >= 11 is 0. The number of nitrogens with two attached hydrogens (primary N) is 1. The monoisotopic (exact) mass is 226 g/mol. The maximum atomic E-state index is 9.22. The van der Waals surface area contributed by atoms with Crippen LogP contribution >= 0.6 is 0 Å².